The van der Waals surface area contributed by atoms with Crippen LogP contribution in [0.4, 0.5) is 34.1 Å². The summed E-state index contributed by atoms with van der Waals surface area (Å²) in [5.41, 5.74) is 23.3. The second kappa shape index (κ2) is 15.6. The van der Waals surface area contributed by atoms with Crippen molar-refractivity contribution >= 4 is 34.1 Å². The van der Waals surface area contributed by atoms with Gasteiger partial charge in [-0.15, -0.1) is 0 Å². The first kappa shape index (κ1) is 41.3. The third-order valence-electron chi connectivity index (χ3n) is 14.4. The van der Waals surface area contributed by atoms with Gasteiger partial charge in [0.1, 0.15) is 0 Å². The summed E-state index contributed by atoms with van der Waals surface area (Å²) in [4.78, 5) is 4.94. The maximum Gasteiger partial charge on any atom is 0.0512 e. The third-order valence-corrected chi connectivity index (χ3v) is 14.4. The molecule has 66 heavy (non-hydrogen) atoms. The Morgan fingerprint density at radius 2 is 0.773 bits per heavy atom. The number of fused-ring (bicyclic) bond motifs is 7. The molecule has 9 aromatic carbocycles. The normalized spacial score (nSPS) is 13.9. The van der Waals surface area contributed by atoms with Crippen LogP contribution in [0, 0.1) is 0 Å². The second-order valence-electron chi connectivity index (χ2n) is 20.2. The summed E-state index contributed by atoms with van der Waals surface area (Å²) < 4.78 is 0. The Labute approximate surface area is 391 Å². The molecule has 0 amide bonds. The number of hydrogen-bond acceptors (Lipinski definition) is 2. The van der Waals surface area contributed by atoms with Crippen LogP contribution in [0.1, 0.15) is 76.3 Å². The van der Waals surface area contributed by atoms with E-state index in [-0.39, 0.29) is 16.2 Å². The molecule has 0 heterocycles. The van der Waals surface area contributed by atoms with E-state index in [1.54, 1.807) is 0 Å². The lowest BCUT2D eigenvalue weighted by atomic mass is 9.77. The summed E-state index contributed by atoms with van der Waals surface area (Å²) in [5.74, 6) is 0. The van der Waals surface area contributed by atoms with Crippen molar-refractivity contribution in [3.8, 4) is 44.5 Å². The maximum absolute atomic E-state index is 2.55. The molecule has 2 aliphatic rings. The van der Waals surface area contributed by atoms with E-state index in [4.69, 9.17) is 0 Å². The SMILES string of the molecule is CC(C)(C)c1ccc(N(c2ccc(-c3ccccc3)cc2)c2ccc3c(c2)C(C)(C)c2cc(N(c4ccccc4)c4ccc(-c5ccccc5)cc4)c4c(c2-3)-c2ccccc2C4(C)C)cc1. The molecule has 0 bridgehead atoms. The van der Waals surface area contributed by atoms with Crippen LogP contribution < -0.4 is 9.80 Å². The Kier molecular flexibility index (Phi) is 9.78. The molecule has 0 atom stereocenters. The Hall–Kier alpha value is -7.42. The van der Waals surface area contributed by atoms with Gasteiger partial charge in [0.25, 0.3) is 0 Å². The molecule has 0 saturated carbocycles. The van der Waals surface area contributed by atoms with Crippen LogP contribution in [0.15, 0.2) is 212 Å². The first-order valence-electron chi connectivity index (χ1n) is 23.4. The van der Waals surface area contributed by atoms with Gasteiger partial charge in [0.15, 0.2) is 0 Å². The average Bonchev–Trinajstić information content (AvgIpc) is 3.72. The molecule has 2 heteroatoms. The largest absolute Gasteiger partial charge is 0.310 e. The molecule has 2 nitrogen and oxygen atoms in total. The fourth-order valence-electron chi connectivity index (χ4n) is 10.9. The predicted molar refractivity (Wildman–Crippen MR) is 281 cm³/mol. The number of para-hydroxylation sites is 1. The summed E-state index contributed by atoms with van der Waals surface area (Å²) in [5, 5.41) is 0. The lowest BCUT2D eigenvalue weighted by Crippen LogP contribution is -2.22. The van der Waals surface area contributed by atoms with Gasteiger partial charge in [0.2, 0.25) is 0 Å². The van der Waals surface area contributed by atoms with Gasteiger partial charge < -0.3 is 9.80 Å². The van der Waals surface area contributed by atoms with E-state index >= 15 is 0 Å². The Morgan fingerprint density at radius 3 is 1.33 bits per heavy atom. The molecule has 0 fully saturated rings. The highest BCUT2D eigenvalue weighted by Crippen LogP contribution is 2.63. The molecule has 11 rings (SSSR count). The first-order chi connectivity index (χ1) is 31.9. The van der Waals surface area contributed by atoms with Crippen LogP contribution in [0.3, 0.4) is 0 Å². The maximum atomic E-state index is 2.55. The van der Waals surface area contributed by atoms with Gasteiger partial charge >= 0.3 is 0 Å². The first-order valence-corrected chi connectivity index (χ1v) is 23.4. The van der Waals surface area contributed by atoms with E-state index < -0.39 is 0 Å². The molecule has 322 valence electrons. The zero-order chi connectivity index (χ0) is 45.4. The zero-order valence-corrected chi connectivity index (χ0v) is 39.1. The van der Waals surface area contributed by atoms with E-state index in [1.807, 2.05) is 0 Å². The van der Waals surface area contributed by atoms with Crippen molar-refractivity contribution in [1.82, 2.24) is 0 Å². The third kappa shape index (κ3) is 6.78. The summed E-state index contributed by atoms with van der Waals surface area (Å²) >= 11 is 0. The summed E-state index contributed by atoms with van der Waals surface area (Å²) in [6.45, 7) is 16.6. The minimum Gasteiger partial charge on any atom is -0.310 e. The minimum atomic E-state index is -0.315. The van der Waals surface area contributed by atoms with Crippen molar-refractivity contribution in [1.29, 1.82) is 0 Å². The predicted octanol–water partition coefficient (Wildman–Crippen LogP) is 17.9. The van der Waals surface area contributed by atoms with Gasteiger partial charge in [0, 0.05) is 39.3 Å². The fraction of sp³-hybridized carbons (Fsp3) is 0.156. The molecule has 0 unspecified atom stereocenters. The van der Waals surface area contributed by atoms with Crippen molar-refractivity contribution in [2.24, 2.45) is 0 Å². The number of hydrogen-bond donors (Lipinski definition) is 0. The van der Waals surface area contributed by atoms with Crippen LogP contribution in [0.5, 0.6) is 0 Å². The highest BCUT2D eigenvalue weighted by molar-refractivity contribution is 6.03. The Balaban J connectivity index is 1.11. The molecule has 9 aromatic rings. The van der Waals surface area contributed by atoms with Gasteiger partial charge in [-0.1, -0.05) is 194 Å². The molecule has 0 aliphatic heterocycles. The van der Waals surface area contributed by atoms with Crippen LogP contribution in [0.25, 0.3) is 44.5 Å². The van der Waals surface area contributed by atoms with Crippen LogP contribution in [-0.4, -0.2) is 0 Å². The average molecular weight is 853 g/mol. The molecule has 0 aromatic heterocycles. The van der Waals surface area contributed by atoms with E-state index in [0.29, 0.717) is 0 Å². The van der Waals surface area contributed by atoms with Gasteiger partial charge in [0.05, 0.1) is 5.69 Å². The van der Waals surface area contributed by atoms with Crippen molar-refractivity contribution in [3.63, 3.8) is 0 Å². The molecule has 2 aliphatic carbocycles. The smallest absolute Gasteiger partial charge is 0.0512 e. The van der Waals surface area contributed by atoms with Gasteiger partial charge in [-0.3, -0.25) is 0 Å². The number of anilines is 6. The van der Waals surface area contributed by atoms with Crippen LogP contribution >= 0.6 is 0 Å². The molecular formula is C64H56N2. The van der Waals surface area contributed by atoms with Crippen molar-refractivity contribution in [3.05, 3.63) is 240 Å². The minimum absolute atomic E-state index is 0.0536. The van der Waals surface area contributed by atoms with Gasteiger partial charge in [-0.05, 0) is 144 Å². The van der Waals surface area contributed by atoms with E-state index in [0.717, 1.165) is 28.4 Å². The van der Waals surface area contributed by atoms with E-state index in [2.05, 4.69) is 271 Å². The van der Waals surface area contributed by atoms with Crippen LogP contribution in [0.2, 0.25) is 0 Å². The van der Waals surface area contributed by atoms with Crippen molar-refractivity contribution in [2.75, 3.05) is 9.80 Å². The standard InChI is InChI=1S/C64H56N2/c1-62(2,3)47-31-37-50(38-32-47)65(49-33-27-45(28-34-49)43-19-11-8-12-20-43)52-39-40-54-56(41-52)63(4,5)57-42-58(61-60(59(54)57)53-25-17-18-26-55(53)64(61,6)7)66(48-23-15-10-16-24-48)51-35-29-46(30-36-51)44-21-13-9-14-22-44/h8-42H,1-7H3. The highest BCUT2D eigenvalue weighted by Gasteiger charge is 2.46. The highest BCUT2D eigenvalue weighted by atomic mass is 15.2. The van der Waals surface area contributed by atoms with Crippen LogP contribution in [-0.2, 0) is 16.2 Å². The number of rotatable bonds is 8. The summed E-state index contributed by atoms with van der Waals surface area (Å²) in [7, 11) is 0. The summed E-state index contributed by atoms with van der Waals surface area (Å²) in [6, 6.07) is 78.6. The second-order valence-corrected chi connectivity index (χ2v) is 20.2. The molecular weight excluding hydrogens is 797 g/mol. The van der Waals surface area contributed by atoms with E-state index in [1.165, 1.54) is 78.0 Å². The molecule has 0 radical (unpaired) electrons. The van der Waals surface area contributed by atoms with Gasteiger partial charge in [-0.25, -0.2) is 0 Å². The molecule has 0 spiro atoms. The zero-order valence-electron chi connectivity index (χ0n) is 39.1. The van der Waals surface area contributed by atoms with Crippen molar-refractivity contribution in [2.45, 2.75) is 64.7 Å². The number of nitrogens with zero attached hydrogens (tertiary/aromatic N) is 2. The molecule has 0 saturated heterocycles. The monoisotopic (exact) mass is 852 g/mol. The topological polar surface area (TPSA) is 6.48 Å². The van der Waals surface area contributed by atoms with E-state index in [9.17, 15) is 0 Å². The molecule has 0 N–H and O–H groups in total. The lowest BCUT2D eigenvalue weighted by molar-refractivity contribution is 0.590. The van der Waals surface area contributed by atoms with Crippen molar-refractivity contribution < 1.29 is 0 Å². The van der Waals surface area contributed by atoms with Gasteiger partial charge in [-0.2, -0.15) is 0 Å². The number of benzene rings is 9. The fourth-order valence-corrected chi connectivity index (χ4v) is 10.9. The summed E-state index contributed by atoms with van der Waals surface area (Å²) in [6.07, 6.45) is 0. The Morgan fingerprint density at radius 1 is 0.333 bits per heavy atom. The quantitative estimate of drug-likeness (QED) is 0.150. The lowest BCUT2D eigenvalue weighted by Gasteiger charge is -2.34. The Bertz CT molecular complexity index is 3230.